The predicted molar refractivity (Wildman–Crippen MR) is 75.8 cm³/mol. The lowest BCUT2D eigenvalue weighted by Gasteiger charge is -2.45. The van der Waals surface area contributed by atoms with Crippen LogP contribution in [-0.2, 0) is 4.74 Å². The van der Waals surface area contributed by atoms with Gasteiger partial charge in [0.05, 0.1) is 6.61 Å². The zero-order valence-corrected chi connectivity index (χ0v) is 12.5. The van der Waals surface area contributed by atoms with Gasteiger partial charge >= 0.3 is 0 Å². The zero-order chi connectivity index (χ0) is 13.1. The maximum atomic E-state index is 5.71. The molecule has 0 aromatic heterocycles. The van der Waals surface area contributed by atoms with Gasteiger partial charge in [0.2, 0.25) is 0 Å². The van der Waals surface area contributed by atoms with Crippen molar-refractivity contribution in [2.24, 2.45) is 11.8 Å². The Kier molecular flexibility index (Phi) is 5.05. The molecule has 106 valence electrons. The van der Waals surface area contributed by atoms with Gasteiger partial charge in [-0.05, 0) is 38.5 Å². The van der Waals surface area contributed by atoms with Gasteiger partial charge in [0.1, 0.15) is 0 Å². The van der Waals surface area contributed by atoms with E-state index in [1.54, 1.807) is 0 Å². The van der Waals surface area contributed by atoms with Crippen LogP contribution >= 0.6 is 0 Å². The van der Waals surface area contributed by atoms with Gasteiger partial charge in [0.15, 0.2) is 0 Å². The first-order valence-electron chi connectivity index (χ1n) is 7.70. The molecule has 0 aromatic rings. The fraction of sp³-hybridized carbons (Fsp3) is 1.00. The Morgan fingerprint density at radius 1 is 1.33 bits per heavy atom. The van der Waals surface area contributed by atoms with Crippen LogP contribution in [0.3, 0.4) is 0 Å². The smallest absolute Gasteiger partial charge is 0.0624 e. The highest BCUT2D eigenvalue weighted by molar-refractivity contribution is 4.95. The van der Waals surface area contributed by atoms with Crippen molar-refractivity contribution in [3.05, 3.63) is 0 Å². The first kappa shape index (κ1) is 14.3. The molecule has 1 aliphatic heterocycles. The monoisotopic (exact) mass is 254 g/mol. The van der Waals surface area contributed by atoms with Crippen LogP contribution in [0.4, 0.5) is 0 Å². The van der Waals surface area contributed by atoms with Gasteiger partial charge in [0.25, 0.3) is 0 Å². The van der Waals surface area contributed by atoms with E-state index in [0.29, 0.717) is 18.0 Å². The van der Waals surface area contributed by atoms with Crippen LogP contribution in [0.1, 0.15) is 40.5 Å². The Bertz CT molecular complexity index is 253. The van der Waals surface area contributed by atoms with Crippen LogP contribution in [0.5, 0.6) is 0 Å². The van der Waals surface area contributed by atoms with Crippen LogP contribution in [-0.4, -0.2) is 49.3 Å². The van der Waals surface area contributed by atoms with E-state index in [4.69, 9.17) is 4.74 Å². The first-order valence-corrected chi connectivity index (χ1v) is 7.70. The molecule has 3 atom stereocenters. The molecule has 3 nitrogen and oxygen atoms in total. The number of ether oxygens (including phenoxy) is 1. The third-order valence-electron chi connectivity index (χ3n) is 4.53. The minimum absolute atomic E-state index is 0.572. The minimum Gasteiger partial charge on any atom is -0.380 e. The van der Waals surface area contributed by atoms with Gasteiger partial charge in [-0.3, -0.25) is 4.90 Å². The Morgan fingerprint density at radius 3 is 2.61 bits per heavy atom. The third kappa shape index (κ3) is 3.46. The van der Waals surface area contributed by atoms with E-state index in [-0.39, 0.29) is 0 Å². The summed E-state index contributed by atoms with van der Waals surface area (Å²) in [5.41, 5.74) is 0. The number of nitrogens with zero attached hydrogens (tertiary/aromatic N) is 1. The molecule has 1 saturated carbocycles. The molecule has 18 heavy (non-hydrogen) atoms. The predicted octanol–water partition coefficient (Wildman–Crippen LogP) is 2.12. The van der Waals surface area contributed by atoms with Crippen molar-refractivity contribution in [2.75, 3.05) is 26.3 Å². The second-order valence-corrected chi connectivity index (χ2v) is 6.37. The van der Waals surface area contributed by atoms with Crippen LogP contribution < -0.4 is 5.32 Å². The number of piperazine rings is 1. The van der Waals surface area contributed by atoms with Gasteiger partial charge in [0, 0.05) is 37.8 Å². The molecule has 2 aliphatic rings. The van der Waals surface area contributed by atoms with Crippen molar-refractivity contribution < 1.29 is 4.74 Å². The lowest BCUT2D eigenvalue weighted by atomic mass is 9.97. The Hall–Kier alpha value is -0.120. The van der Waals surface area contributed by atoms with Crippen LogP contribution in [0.2, 0.25) is 0 Å². The maximum Gasteiger partial charge on any atom is 0.0624 e. The quantitative estimate of drug-likeness (QED) is 0.786. The molecule has 2 rings (SSSR count). The van der Waals surface area contributed by atoms with Gasteiger partial charge < -0.3 is 10.1 Å². The van der Waals surface area contributed by atoms with Crippen molar-refractivity contribution in [2.45, 2.75) is 58.7 Å². The molecular formula is C15H30N2O. The highest BCUT2D eigenvalue weighted by Gasteiger charge is 2.38. The van der Waals surface area contributed by atoms with Crippen LogP contribution in [0.25, 0.3) is 0 Å². The number of rotatable bonds is 6. The highest BCUT2D eigenvalue weighted by Crippen LogP contribution is 2.35. The molecule has 0 spiro atoms. The molecule has 0 radical (unpaired) electrons. The molecule has 1 N–H and O–H groups in total. The molecule has 1 heterocycles. The highest BCUT2D eigenvalue weighted by atomic mass is 16.5. The fourth-order valence-corrected chi connectivity index (χ4v) is 3.10. The topological polar surface area (TPSA) is 24.5 Å². The van der Waals surface area contributed by atoms with Crippen LogP contribution in [0, 0.1) is 11.8 Å². The van der Waals surface area contributed by atoms with E-state index >= 15 is 0 Å². The lowest BCUT2D eigenvalue weighted by Crippen LogP contribution is -2.61. The first-order chi connectivity index (χ1) is 8.63. The normalized spacial score (nSPS) is 31.8. The van der Waals surface area contributed by atoms with E-state index < -0.39 is 0 Å². The Balaban J connectivity index is 1.96. The lowest BCUT2D eigenvalue weighted by molar-refractivity contribution is 0.00357. The number of hydrogen-bond acceptors (Lipinski definition) is 3. The van der Waals surface area contributed by atoms with E-state index in [9.17, 15) is 0 Å². The molecule has 1 saturated heterocycles. The van der Waals surface area contributed by atoms with E-state index in [2.05, 4.69) is 37.9 Å². The summed E-state index contributed by atoms with van der Waals surface area (Å²) in [6.07, 6.45) is 2.86. The van der Waals surface area contributed by atoms with Gasteiger partial charge in [-0.25, -0.2) is 0 Å². The SMILES string of the molecule is CCOCC(C(C)C)N1CC(C2CC2)NCC1C. The fourth-order valence-electron chi connectivity index (χ4n) is 3.10. The van der Waals surface area contributed by atoms with Gasteiger partial charge in [-0.1, -0.05) is 13.8 Å². The average molecular weight is 254 g/mol. The molecule has 0 aromatic carbocycles. The average Bonchev–Trinajstić information content (AvgIpc) is 3.15. The third-order valence-corrected chi connectivity index (χ3v) is 4.53. The maximum absolute atomic E-state index is 5.71. The molecule has 0 amide bonds. The van der Waals surface area contributed by atoms with E-state index in [1.165, 1.54) is 19.4 Å². The summed E-state index contributed by atoms with van der Waals surface area (Å²) in [4.78, 5) is 2.69. The summed E-state index contributed by atoms with van der Waals surface area (Å²) >= 11 is 0. The minimum atomic E-state index is 0.572. The Morgan fingerprint density at radius 2 is 2.06 bits per heavy atom. The summed E-state index contributed by atoms with van der Waals surface area (Å²) in [6, 6.07) is 1.93. The van der Waals surface area contributed by atoms with E-state index in [0.717, 1.165) is 31.7 Å². The molecule has 3 unspecified atom stereocenters. The van der Waals surface area contributed by atoms with E-state index in [1.807, 2.05) is 0 Å². The Labute approximate surface area is 112 Å². The van der Waals surface area contributed by atoms with Gasteiger partial charge in [-0.2, -0.15) is 0 Å². The summed E-state index contributed by atoms with van der Waals surface area (Å²) in [5.74, 6) is 1.61. The summed E-state index contributed by atoms with van der Waals surface area (Å²) < 4.78 is 5.71. The molecule has 0 bridgehead atoms. The molecule has 1 aliphatic carbocycles. The summed E-state index contributed by atoms with van der Waals surface area (Å²) in [7, 11) is 0. The number of nitrogens with one attached hydrogen (secondary N) is 1. The second kappa shape index (κ2) is 6.36. The van der Waals surface area contributed by atoms with Crippen molar-refractivity contribution in [3.63, 3.8) is 0 Å². The standard InChI is InChI=1S/C15H30N2O/c1-5-18-10-15(11(2)3)17-9-14(13-6-7-13)16-8-12(17)4/h11-16H,5-10H2,1-4H3. The largest absolute Gasteiger partial charge is 0.380 e. The van der Waals surface area contributed by atoms with Crippen LogP contribution in [0.15, 0.2) is 0 Å². The van der Waals surface area contributed by atoms with Gasteiger partial charge in [-0.15, -0.1) is 0 Å². The summed E-state index contributed by atoms with van der Waals surface area (Å²) in [5, 5.41) is 3.73. The number of hydrogen-bond donors (Lipinski definition) is 1. The van der Waals surface area contributed by atoms with Crippen molar-refractivity contribution in [3.8, 4) is 0 Å². The van der Waals surface area contributed by atoms with Crippen molar-refractivity contribution in [1.29, 1.82) is 0 Å². The zero-order valence-electron chi connectivity index (χ0n) is 12.5. The molecule has 2 fully saturated rings. The van der Waals surface area contributed by atoms with Crippen molar-refractivity contribution in [1.82, 2.24) is 10.2 Å². The second-order valence-electron chi connectivity index (χ2n) is 6.37. The molecule has 3 heteroatoms. The van der Waals surface area contributed by atoms with Crippen molar-refractivity contribution >= 4 is 0 Å². The summed E-state index contributed by atoms with van der Waals surface area (Å²) in [6.45, 7) is 13.1. The molecular weight excluding hydrogens is 224 g/mol.